The summed E-state index contributed by atoms with van der Waals surface area (Å²) in [5, 5.41) is 18.0. The number of amides is 1. The summed E-state index contributed by atoms with van der Waals surface area (Å²) in [5.41, 5.74) is 0.964. The van der Waals surface area contributed by atoms with Gasteiger partial charge in [0.15, 0.2) is 11.5 Å². The first kappa shape index (κ1) is 18.3. The van der Waals surface area contributed by atoms with Gasteiger partial charge in [-0.15, -0.1) is 0 Å². The molecule has 124 valence electrons. The Labute approximate surface area is 131 Å². The second kappa shape index (κ2) is 9.27. The first-order valence-electron chi connectivity index (χ1n) is 7.28. The summed E-state index contributed by atoms with van der Waals surface area (Å²) >= 11 is 0. The third-order valence-corrected chi connectivity index (χ3v) is 3.46. The highest BCUT2D eigenvalue weighted by atomic mass is 16.5. The third kappa shape index (κ3) is 4.89. The van der Waals surface area contributed by atoms with Crippen molar-refractivity contribution in [3.63, 3.8) is 0 Å². The van der Waals surface area contributed by atoms with Gasteiger partial charge in [0, 0.05) is 19.0 Å². The number of carbonyl (C=O) groups is 1. The van der Waals surface area contributed by atoms with Crippen LogP contribution in [0.25, 0.3) is 0 Å². The second-order valence-electron chi connectivity index (χ2n) is 5.07. The minimum Gasteiger partial charge on any atom is -0.493 e. The number of rotatable bonds is 9. The zero-order valence-electron chi connectivity index (χ0n) is 13.4. The molecule has 1 aromatic carbocycles. The van der Waals surface area contributed by atoms with Crippen LogP contribution in [0.5, 0.6) is 11.5 Å². The van der Waals surface area contributed by atoms with Crippen LogP contribution in [0.4, 0.5) is 0 Å². The SMILES string of the molecule is COc1ccc(CC(C)C(=O)N(CCO)CCO)cc1OC. The summed E-state index contributed by atoms with van der Waals surface area (Å²) in [6, 6.07) is 5.56. The molecule has 0 radical (unpaired) electrons. The fourth-order valence-electron chi connectivity index (χ4n) is 2.33. The van der Waals surface area contributed by atoms with Gasteiger partial charge < -0.3 is 24.6 Å². The van der Waals surface area contributed by atoms with Gasteiger partial charge >= 0.3 is 0 Å². The average molecular weight is 311 g/mol. The van der Waals surface area contributed by atoms with Crippen molar-refractivity contribution in [3.05, 3.63) is 23.8 Å². The van der Waals surface area contributed by atoms with Crippen molar-refractivity contribution in [2.24, 2.45) is 5.92 Å². The number of methoxy groups -OCH3 is 2. The third-order valence-electron chi connectivity index (χ3n) is 3.46. The number of nitrogens with zero attached hydrogens (tertiary/aromatic N) is 1. The van der Waals surface area contributed by atoms with Crippen molar-refractivity contribution in [1.29, 1.82) is 0 Å². The molecule has 1 aromatic rings. The van der Waals surface area contributed by atoms with E-state index < -0.39 is 0 Å². The maximum atomic E-state index is 12.4. The minimum absolute atomic E-state index is 0.0853. The van der Waals surface area contributed by atoms with Gasteiger partial charge in [-0.1, -0.05) is 13.0 Å². The van der Waals surface area contributed by atoms with Crippen LogP contribution in [-0.4, -0.2) is 61.5 Å². The van der Waals surface area contributed by atoms with Crippen LogP contribution < -0.4 is 9.47 Å². The first-order valence-corrected chi connectivity index (χ1v) is 7.28. The molecule has 0 aliphatic rings. The summed E-state index contributed by atoms with van der Waals surface area (Å²) < 4.78 is 10.4. The molecule has 1 atom stereocenters. The van der Waals surface area contributed by atoms with Crippen molar-refractivity contribution in [2.75, 3.05) is 40.5 Å². The molecule has 0 spiro atoms. The van der Waals surface area contributed by atoms with Crippen LogP contribution in [0.2, 0.25) is 0 Å². The highest BCUT2D eigenvalue weighted by molar-refractivity contribution is 5.78. The number of carbonyl (C=O) groups excluding carboxylic acids is 1. The number of aliphatic hydroxyl groups is 2. The van der Waals surface area contributed by atoms with Crippen LogP contribution in [0.15, 0.2) is 18.2 Å². The molecule has 0 saturated carbocycles. The molecule has 0 aromatic heterocycles. The lowest BCUT2D eigenvalue weighted by molar-refractivity contribution is -0.136. The molecule has 2 N–H and O–H groups in total. The maximum Gasteiger partial charge on any atom is 0.225 e. The van der Waals surface area contributed by atoms with Gasteiger partial charge in [-0.3, -0.25) is 4.79 Å². The normalized spacial score (nSPS) is 11.9. The minimum atomic E-state index is -0.254. The van der Waals surface area contributed by atoms with E-state index in [0.717, 1.165) is 5.56 Å². The van der Waals surface area contributed by atoms with Crippen LogP contribution in [0.1, 0.15) is 12.5 Å². The number of benzene rings is 1. The van der Waals surface area contributed by atoms with E-state index in [1.165, 1.54) is 4.90 Å². The molecule has 0 aliphatic carbocycles. The summed E-state index contributed by atoms with van der Waals surface area (Å²) in [6.45, 7) is 2.07. The molecule has 22 heavy (non-hydrogen) atoms. The first-order chi connectivity index (χ1) is 10.6. The summed E-state index contributed by atoms with van der Waals surface area (Å²) in [6.07, 6.45) is 0.548. The molecule has 1 amide bonds. The molecular weight excluding hydrogens is 286 g/mol. The molecule has 6 nitrogen and oxygen atoms in total. The van der Waals surface area contributed by atoms with E-state index in [0.29, 0.717) is 17.9 Å². The summed E-state index contributed by atoms with van der Waals surface area (Å²) in [4.78, 5) is 13.8. The number of ether oxygens (including phenoxy) is 2. The van der Waals surface area contributed by atoms with Gasteiger partial charge in [-0.05, 0) is 24.1 Å². The van der Waals surface area contributed by atoms with Crippen molar-refractivity contribution < 1.29 is 24.5 Å². The molecule has 1 unspecified atom stereocenters. The van der Waals surface area contributed by atoms with E-state index >= 15 is 0 Å². The van der Waals surface area contributed by atoms with Crippen molar-refractivity contribution in [1.82, 2.24) is 4.90 Å². The number of aliphatic hydroxyl groups excluding tert-OH is 2. The smallest absolute Gasteiger partial charge is 0.225 e. The lowest BCUT2D eigenvalue weighted by atomic mass is 9.99. The Morgan fingerprint density at radius 1 is 1.14 bits per heavy atom. The van der Waals surface area contributed by atoms with Crippen molar-refractivity contribution >= 4 is 5.91 Å². The van der Waals surface area contributed by atoms with E-state index in [1.807, 2.05) is 25.1 Å². The van der Waals surface area contributed by atoms with Gasteiger partial charge in [0.05, 0.1) is 27.4 Å². The summed E-state index contributed by atoms with van der Waals surface area (Å²) in [7, 11) is 3.14. The number of hydrogen-bond acceptors (Lipinski definition) is 5. The highest BCUT2D eigenvalue weighted by Gasteiger charge is 2.20. The molecule has 6 heteroatoms. The van der Waals surface area contributed by atoms with Crippen molar-refractivity contribution in [3.8, 4) is 11.5 Å². The predicted molar refractivity (Wildman–Crippen MR) is 83.2 cm³/mol. The Bertz CT molecular complexity index is 472. The Morgan fingerprint density at radius 3 is 2.23 bits per heavy atom. The van der Waals surface area contributed by atoms with E-state index in [2.05, 4.69) is 0 Å². The quantitative estimate of drug-likeness (QED) is 0.702. The topological polar surface area (TPSA) is 79.2 Å². The fourth-order valence-corrected chi connectivity index (χ4v) is 2.33. The van der Waals surface area contributed by atoms with E-state index in [4.69, 9.17) is 19.7 Å². The molecule has 0 heterocycles. The van der Waals surface area contributed by atoms with Gasteiger partial charge in [0.25, 0.3) is 0 Å². The largest absolute Gasteiger partial charge is 0.493 e. The Balaban J connectivity index is 2.78. The average Bonchev–Trinajstić information content (AvgIpc) is 2.53. The van der Waals surface area contributed by atoms with Gasteiger partial charge in [0.1, 0.15) is 0 Å². The molecular formula is C16H25NO5. The maximum absolute atomic E-state index is 12.4. The van der Waals surface area contributed by atoms with Gasteiger partial charge in [0.2, 0.25) is 5.91 Å². The number of hydrogen-bond donors (Lipinski definition) is 2. The lowest BCUT2D eigenvalue weighted by Crippen LogP contribution is -2.39. The summed E-state index contributed by atoms with van der Waals surface area (Å²) in [5.74, 6) is 0.934. The van der Waals surface area contributed by atoms with Crippen LogP contribution in [0.3, 0.4) is 0 Å². The Kier molecular flexibility index (Phi) is 7.70. The fraction of sp³-hybridized carbons (Fsp3) is 0.562. The second-order valence-corrected chi connectivity index (χ2v) is 5.07. The molecule has 1 rings (SSSR count). The molecule has 0 aliphatic heterocycles. The van der Waals surface area contributed by atoms with E-state index in [9.17, 15) is 4.79 Å². The zero-order chi connectivity index (χ0) is 16.5. The highest BCUT2D eigenvalue weighted by Crippen LogP contribution is 2.28. The van der Waals surface area contributed by atoms with E-state index in [1.54, 1.807) is 14.2 Å². The van der Waals surface area contributed by atoms with Gasteiger partial charge in [-0.2, -0.15) is 0 Å². The van der Waals surface area contributed by atoms with Crippen LogP contribution >= 0.6 is 0 Å². The zero-order valence-corrected chi connectivity index (χ0v) is 13.4. The molecule has 0 saturated heterocycles. The van der Waals surface area contributed by atoms with Crippen LogP contribution in [-0.2, 0) is 11.2 Å². The molecule has 0 bridgehead atoms. The van der Waals surface area contributed by atoms with Gasteiger partial charge in [-0.25, -0.2) is 0 Å². The molecule has 0 fully saturated rings. The monoisotopic (exact) mass is 311 g/mol. The van der Waals surface area contributed by atoms with Crippen LogP contribution in [0, 0.1) is 5.92 Å². The van der Waals surface area contributed by atoms with E-state index in [-0.39, 0.29) is 38.1 Å². The Hall–Kier alpha value is -1.79. The lowest BCUT2D eigenvalue weighted by Gasteiger charge is -2.24. The van der Waals surface area contributed by atoms with Crippen molar-refractivity contribution in [2.45, 2.75) is 13.3 Å². The predicted octanol–water partition coefficient (Wildman–Crippen LogP) is 0.696. The Morgan fingerprint density at radius 2 is 1.73 bits per heavy atom. The standard InChI is InChI=1S/C16H25NO5/c1-12(16(20)17(6-8-18)7-9-19)10-13-4-5-14(21-2)15(11-13)22-3/h4-5,11-12,18-19H,6-10H2,1-3H3.